The molecule has 1 saturated heterocycles. The second-order valence-corrected chi connectivity index (χ2v) is 4.65. The van der Waals surface area contributed by atoms with E-state index in [-0.39, 0.29) is 0 Å². The molecule has 1 aromatic carbocycles. The monoisotopic (exact) mass is 250 g/mol. The van der Waals surface area contributed by atoms with Gasteiger partial charge in [0, 0.05) is 11.1 Å². The lowest BCUT2D eigenvalue weighted by Crippen LogP contribution is -2.38. The Labute approximate surface area is 106 Å². The Morgan fingerprint density at radius 2 is 2.35 bits per heavy atom. The maximum absolute atomic E-state index is 8.98. The first-order valence-corrected chi connectivity index (χ1v) is 6.23. The van der Waals surface area contributed by atoms with Crippen LogP contribution in [-0.4, -0.2) is 19.2 Å². The minimum atomic E-state index is 0.394. The van der Waals surface area contributed by atoms with Crippen molar-refractivity contribution in [3.05, 3.63) is 28.8 Å². The molecule has 1 heterocycles. The smallest absolute Gasteiger partial charge is 0.137 e. The second-order valence-electron chi connectivity index (χ2n) is 4.21. The van der Waals surface area contributed by atoms with Gasteiger partial charge in [0.15, 0.2) is 0 Å². The van der Waals surface area contributed by atoms with E-state index < -0.39 is 0 Å². The average Bonchev–Trinajstić information content (AvgIpc) is 2.38. The van der Waals surface area contributed by atoms with Crippen LogP contribution >= 0.6 is 11.6 Å². The van der Waals surface area contributed by atoms with E-state index in [9.17, 15) is 0 Å². The van der Waals surface area contributed by atoms with Gasteiger partial charge in [-0.25, -0.2) is 0 Å². The third-order valence-electron chi connectivity index (χ3n) is 2.91. The van der Waals surface area contributed by atoms with Crippen molar-refractivity contribution in [2.45, 2.75) is 25.3 Å². The van der Waals surface area contributed by atoms with Crippen molar-refractivity contribution in [1.29, 1.82) is 5.26 Å². The third kappa shape index (κ3) is 3.36. The molecule has 1 aliphatic heterocycles. The van der Waals surface area contributed by atoms with Crippen LogP contribution in [0.4, 0.5) is 0 Å². The molecule has 1 aliphatic rings. The van der Waals surface area contributed by atoms with Gasteiger partial charge in [0.05, 0.1) is 5.56 Å². The fraction of sp³-hybridized carbons (Fsp3) is 0.462. The molecule has 0 aliphatic carbocycles. The number of nitrogens with one attached hydrogen (secondary N) is 1. The Balaban J connectivity index is 1.96. The van der Waals surface area contributed by atoms with E-state index in [2.05, 4.69) is 11.4 Å². The van der Waals surface area contributed by atoms with Crippen molar-refractivity contribution in [1.82, 2.24) is 5.32 Å². The van der Waals surface area contributed by atoms with Gasteiger partial charge >= 0.3 is 0 Å². The molecular weight excluding hydrogens is 236 g/mol. The first-order valence-electron chi connectivity index (χ1n) is 5.85. The maximum atomic E-state index is 8.98. The van der Waals surface area contributed by atoms with Gasteiger partial charge in [-0.05, 0) is 37.6 Å². The summed E-state index contributed by atoms with van der Waals surface area (Å²) in [5.41, 5.74) is 0.494. The largest absolute Gasteiger partial charge is 0.491 e. The summed E-state index contributed by atoms with van der Waals surface area (Å²) in [7, 11) is 0. The highest BCUT2D eigenvalue weighted by atomic mass is 35.5. The Hall–Kier alpha value is -1.24. The molecule has 0 spiro atoms. The first kappa shape index (κ1) is 12.2. The molecule has 3 nitrogen and oxygen atoms in total. The zero-order valence-electron chi connectivity index (χ0n) is 9.58. The molecule has 17 heavy (non-hydrogen) atoms. The van der Waals surface area contributed by atoms with Crippen molar-refractivity contribution >= 4 is 11.6 Å². The quantitative estimate of drug-likeness (QED) is 0.897. The summed E-state index contributed by atoms with van der Waals surface area (Å²) in [5.74, 6) is 0.615. The highest BCUT2D eigenvalue weighted by molar-refractivity contribution is 6.30. The molecule has 0 amide bonds. The molecule has 1 fully saturated rings. The van der Waals surface area contributed by atoms with Gasteiger partial charge in [-0.2, -0.15) is 5.26 Å². The summed E-state index contributed by atoms with van der Waals surface area (Å²) in [6.07, 6.45) is 3.61. The fourth-order valence-corrected chi connectivity index (χ4v) is 2.14. The fourth-order valence-electron chi connectivity index (χ4n) is 1.97. The average molecular weight is 251 g/mol. The van der Waals surface area contributed by atoms with Gasteiger partial charge in [0.1, 0.15) is 18.4 Å². The summed E-state index contributed by atoms with van der Waals surface area (Å²) in [6.45, 7) is 1.66. The third-order valence-corrected chi connectivity index (χ3v) is 3.15. The van der Waals surface area contributed by atoms with E-state index in [0.717, 1.165) is 13.0 Å². The van der Waals surface area contributed by atoms with Crippen molar-refractivity contribution in [3.63, 3.8) is 0 Å². The molecule has 4 heteroatoms. The van der Waals surface area contributed by atoms with Crippen LogP contribution in [0.25, 0.3) is 0 Å². The van der Waals surface area contributed by atoms with Crippen molar-refractivity contribution in [3.8, 4) is 11.8 Å². The van der Waals surface area contributed by atoms with Crippen molar-refractivity contribution in [2.24, 2.45) is 0 Å². The van der Waals surface area contributed by atoms with Crippen LogP contribution in [0.15, 0.2) is 18.2 Å². The molecular formula is C13H15ClN2O. The van der Waals surface area contributed by atoms with Gasteiger partial charge < -0.3 is 10.1 Å². The van der Waals surface area contributed by atoms with Crippen LogP contribution < -0.4 is 10.1 Å². The normalized spacial score (nSPS) is 19.6. The van der Waals surface area contributed by atoms with E-state index in [1.54, 1.807) is 18.2 Å². The highest BCUT2D eigenvalue weighted by Gasteiger charge is 2.14. The number of hydrogen-bond donors (Lipinski definition) is 1. The van der Waals surface area contributed by atoms with Crippen LogP contribution in [0.2, 0.25) is 5.02 Å². The van der Waals surface area contributed by atoms with Crippen molar-refractivity contribution < 1.29 is 4.74 Å². The number of hydrogen-bond acceptors (Lipinski definition) is 3. The SMILES string of the molecule is N#Cc1cc(Cl)ccc1OCC1CCCCN1. The minimum absolute atomic E-state index is 0.394. The van der Waals surface area contributed by atoms with E-state index >= 15 is 0 Å². The number of nitrogens with zero attached hydrogens (tertiary/aromatic N) is 1. The molecule has 1 unspecified atom stereocenters. The van der Waals surface area contributed by atoms with Gasteiger partial charge in [-0.15, -0.1) is 0 Å². The predicted molar refractivity (Wildman–Crippen MR) is 67.3 cm³/mol. The maximum Gasteiger partial charge on any atom is 0.137 e. The first-order chi connectivity index (χ1) is 8.29. The molecule has 2 rings (SSSR count). The van der Waals surface area contributed by atoms with Gasteiger partial charge in [-0.3, -0.25) is 0 Å². The topological polar surface area (TPSA) is 45.0 Å². The zero-order chi connectivity index (χ0) is 12.1. The lowest BCUT2D eigenvalue weighted by molar-refractivity contribution is 0.238. The van der Waals surface area contributed by atoms with E-state index in [0.29, 0.717) is 29.0 Å². The predicted octanol–water partition coefficient (Wildman–Crippen LogP) is 2.73. The number of piperidine rings is 1. The highest BCUT2D eigenvalue weighted by Crippen LogP contribution is 2.22. The van der Waals surface area contributed by atoms with Crippen LogP contribution in [0.3, 0.4) is 0 Å². The number of ether oxygens (including phenoxy) is 1. The van der Waals surface area contributed by atoms with Gasteiger partial charge in [-0.1, -0.05) is 18.0 Å². The molecule has 90 valence electrons. The van der Waals surface area contributed by atoms with Crippen LogP contribution in [-0.2, 0) is 0 Å². The Kier molecular flexibility index (Phi) is 4.24. The summed E-state index contributed by atoms with van der Waals surface area (Å²) in [4.78, 5) is 0. The molecule has 0 bridgehead atoms. The van der Waals surface area contributed by atoms with Gasteiger partial charge in [0.25, 0.3) is 0 Å². The van der Waals surface area contributed by atoms with E-state index in [4.69, 9.17) is 21.6 Å². The van der Waals surface area contributed by atoms with Crippen LogP contribution in [0.1, 0.15) is 24.8 Å². The van der Waals surface area contributed by atoms with Crippen LogP contribution in [0, 0.1) is 11.3 Å². The summed E-state index contributed by atoms with van der Waals surface area (Å²) >= 11 is 5.83. The number of rotatable bonds is 3. The Bertz CT molecular complexity index is 422. The zero-order valence-corrected chi connectivity index (χ0v) is 10.3. The van der Waals surface area contributed by atoms with Gasteiger partial charge in [0.2, 0.25) is 0 Å². The molecule has 1 N–H and O–H groups in total. The lowest BCUT2D eigenvalue weighted by Gasteiger charge is -2.23. The molecule has 1 aromatic rings. The minimum Gasteiger partial charge on any atom is -0.491 e. The van der Waals surface area contributed by atoms with Crippen LogP contribution in [0.5, 0.6) is 5.75 Å². The second kappa shape index (κ2) is 5.90. The molecule has 0 radical (unpaired) electrons. The molecule has 0 aromatic heterocycles. The van der Waals surface area contributed by atoms with E-state index in [1.165, 1.54) is 12.8 Å². The Morgan fingerprint density at radius 3 is 3.06 bits per heavy atom. The summed E-state index contributed by atoms with van der Waals surface area (Å²) in [6, 6.07) is 7.61. The Morgan fingerprint density at radius 1 is 1.47 bits per heavy atom. The number of benzene rings is 1. The summed E-state index contributed by atoms with van der Waals surface area (Å²) in [5, 5.41) is 12.9. The lowest BCUT2D eigenvalue weighted by atomic mass is 10.1. The number of nitriles is 1. The summed E-state index contributed by atoms with van der Waals surface area (Å²) < 4.78 is 5.68. The van der Waals surface area contributed by atoms with Crippen molar-refractivity contribution in [2.75, 3.05) is 13.2 Å². The number of halogens is 1. The standard InChI is InChI=1S/C13H15ClN2O/c14-11-4-5-13(10(7-11)8-15)17-9-12-3-1-2-6-16-12/h4-5,7,12,16H,1-3,6,9H2. The molecule has 1 atom stereocenters. The molecule has 0 saturated carbocycles. The van der Waals surface area contributed by atoms with E-state index in [1.807, 2.05) is 0 Å².